The van der Waals surface area contributed by atoms with Crippen LogP contribution in [0, 0.1) is 5.82 Å². The first-order valence-electron chi connectivity index (χ1n) is 13.8. The van der Waals surface area contributed by atoms with Crippen molar-refractivity contribution in [1.29, 1.82) is 0 Å². The van der Waals surface area contributed by atoms with Gasteiger partial charge < -0.3 is 20.1 Å². The number of ether oxygens (including phenoxy) is 1. The molecular formula is C30H39FN4O4. The monoisotopic (exact) mass is 538 g/mol. The standard InChI is InChI=1S/C30H39FN4O4/c1-20-15-34(25(14-32-20)16-33-10-11-39-18-21(33)2)17-28(36)35-19-30(3,29(37)38)26-9-6-23(13-27(26)35)12-22-4-7-24(31)8-5-22/h4-9,13,20-21,25,32H,10-12,14-19H2,1-3H3,(H,37,38)/t20-,21-,25-,30-/m1/s1. The number of carbonyl (C=O) groups is 2. The Labute approximate surface area is 229 Å². The third-order valence-corrected chi connectivity index (χ3v) is 8.53. The van der Waals surface area contributed by atoms with Crippen molar-refractivity contribution in [2.75, 3.05) is 57.4 Å². The number of aliphatic carboxylic acids is 1. The molecule has 3 aliphatic heterocycles. The Morgan fingerprint density at radius 2 is 1.87 bits per heavy atom. The first kappa shape index (κ1) is 27.7. The number of morpholine rings is 1. The number of nitrogens with zero attached hydrogens (tertiary/aromatic N) is 3. The lowest BCUT2D eigenvalue weighted by Crippen LogP contribution is -2.62. The van der Waals surface area contributed by atoms with Gasteiger partial charge in [0.1, 0.15) is 11.2 Å². The summed E-state index contributed by atoms with van der Waals surface area (Å²) in [4.78, 5) is 32.6. The second kappa shape index (κ2) is 11.3. The zero-order valence-corrected chi connectivity index (χ0v) is 23.0. The molecule has 9 heteroatoms. The number of benzene rings is 2. The zero-order valence-electron chi connectivity index (χ0n) is 23.0. The summed E-state index contributed by atoms with van der Waals surface area (Å²) in [5, 5.41) is 13.7. The summed E-state index contributed by atoms with van der Waals surface area (Å²) >= 11 is 0. The van der Waals surface area contributed by atoms with Crippen molar-refractivity contribution in [3.05, 3.63) is 65.0 Å². The number of hydrogen-bond donors (Lipinski definition) is 2. The maximum atomic E-state index is 13.9. The van der Waals surface area contributed by atoms with Gasteiger partial charge in [-0.1, -0.05) is 24.3 Å². The largest absolute Gasteiger partial charge is 0.481 e. The number of fused-ring (bicyclic) bond motifs is 1. The highest BCUT2D eigenvalue weighted by Crippen LogP contribution is 2.42. The highest BCUT2D eigenvalue weighted by molar-refractivity contribution is 6.01. The molecule has 0 bridgehead atoms. The van der Waals surface area contributed by atoms with E-state index in [9.17, 15) is 19.1 Å². The van der Waals surface area contributed by atoms with Crippen LogP contribution >= 0.6 is 0 Å². The number of nitrogens with one attached hydrogen (secondary N) is 1. The fourth-order valence-corrected chi connectivity index (χ4v) is 6.07. The minimum Gasteiger partial charge on any atom is -0.481 e. The summed E-state index contributed by atoms with van der Waals surface area (Å²) in [5.41, 5.74) is 2.02. The Morgan fingerprint density at radius 3 is 2.59 bits per heavy atom. The van der Waals surface area contributed by atoms with E-state index in [-0.39, 0.29) is 36.9 Å². The van der Waals surface area contributed by atoms with Crippen LogP contribution in [0.15, 0.2) is 42.5 Å². The molecule has 1 amide bonds. The fourth-order valence-electron chi connectivity index (χ4n) is 6.07. The van der Waals surface area contributed by atoms with Crippen molar-refractivity contribution in [3.8, 4) is 0 Å². The van der Waals surface area contributed by atoms with Crippen molar-refractivity contribution in [2.24, 2.45) is 0 Å². The molecule has 0 aromatic heterocycles. The molecule has 0 aliphatic carbocycles. The predicted octanol–water partition coefficient (Wildman–Crippen LogP) is 2.49. The number of halogens is 1. The maximum absolute atomic E-state index is 13.9. The normalized spacial score (nSPS) is 27.9. The number of rotatable bonds is 7. The molecule has 0 spiro atoms. The van der Waals surface area contributed by atoms with Crippen LogP contribution in [0.2, 0.25) is 0 Å². The van der Waals surface area contributed by atoms with Crippen LogP contribution < -0.4 is 10.2 Å². The van der Waals surface area contributed by atoms with Gasteiger partial charge in [-0.3, -0.25) is 19.4 Å². The molecule has 2 fully saturated rings. The molecule has 2 N–H and O–H groups in total. The molecule has 3 heterocycles. The molecule has 0 unspecified atom stereocenters. The Morgan fingerprint density at radius 1 is 1.13 bits per heavy atom. The molecule has 5 rings (SSSR count). The lowest BCUT2D eigenvalue weighted by molar-refractivity contribution is -0.142. The van der Waals surface area contributed by atoms with Crippen LogP contribution in [0.3, 0.4) is 0 Å². The van der Waals surface area contributed by atoms with Crippen LogP contribution in [-0.2, 0) is 26.2 Å². The average Bonchev–Trinajstić information content (AvgIpc) is 3.21. The van der Waals surface area contributed by atoms with Gasteiger partial charge >= 0.3 is 5.97 Å². The van der Waals surface area contributed by atoms with Gasteiger partial charge in [-0.05, 0) is 62.1 Å². The number of carboxylic acid groups (broad SMARTS) is 1. The van der Waals surface area contributed by atoms with E-state index >= 15 is 0 Å². The summed E-state index contributed by atoms with van der Waals surface area (Å²) in [6, 6.07) is 12.8. The third kappa shape index (κ3) is 5.87. The average molecular weight is 539 g/mol. The molecule has 0 saturated carbocycles. The van der Waals surface area contributed by atoms with E-state index in [1.807, 2.05) is 18.2 Å². The Balaban J connectivity index is 1.37. The van der Waals surface area contributed by atoms with Gasteiger partial charge in [-0.25, -0.2) is 4.39 Å². The fraction of sp³-hybridized carbons (Fsp3) is 0.533. The van der Waals surface area contributed by atoms with Crippen LogP contribution in [0.4, 0.5) is 10.1 Å². The lowest BCUT2D eigenvalue weighted by Gasteiger charge is -2.43. The van der Waals surface area contributed by atoms with Crippen molar-refractivity contribution >= 4 is 17.6 Å². The molecular weight excluding hydrogens is 499 g/mol. The number of carboxylic acids is 1. The number of carbonyl (C=O) groups excluding carboxylic acids is 1. The summed E-state index contributed by atoms with van der Waals surface area (Å²) in [7, 11) is 0. The van der Waals surface area contributed by atoms with Crippen LogP contribution in [0.1, 0.15) is 37.5 Å². The third-order valence-electron chi connectivity index (χ3n) is 8.53. The van der Waals surface area contributed by atoms with Crippen LogP contribution in [0.5, 0.6) is 0 Å². The summed E-state index contributed by atoms with van der Waals surface area (Å²) in [6.07, 6.45) is 0.564. The first-order valence-corrected chi connectivity index (χ1v) is 13.8. The molecule has 39 heavy (non-hydrogen) atoms. The van der Waals surface area contributed by atoms with Gasteiger partial charge in [0, 0.05) is 56.5 Å². The van der Waals surface area contributed by atoms with Crippen molar-refractivity contribution in [1.82, 2.24) is 15.1 Å². The molecule has 0 radical (unpaired) electrons. The van der Waals surface area contributed by atoms with Crippen molar-refractivity contribution < 1.29 is 23.8 Å². The molecule has 2 aromatic rings. The second-order valence-corrected chi connectivity index (χ2v) is 11.6. The smallest absolute Gasteiger partial charge is 0.315 e. The Kier molecular flexibility index (Phi) is 8.05. The molecule has 4 atom stereocenters. The molecule has 2 aromatic carbocycles. The maximum Gasteiger partial charge on any atom is 0.315 e. The van der Waals surface area contributed by atoms with E-state index in [2.05, 4.69) is 29.0 Å². The number of anilines is 1. The van der Waals surface area contributed by atoms with Gasteiger partial charge in [0.15, 0.2) is 0 Å². The van der Waals surface area contributed by atoms with Gasteiger partial charge in [-0.2, -0.15) is 0 Å². The quantitative estimate of drug-likeness (QED) is 0.560. The van der Waals surface area contributed by atoms with Gasteiger partial charge in [-0.15, -0.1) is 0 Å². The SMILES string of the molecule is C[C@@H]1CN(CC(=O)N2C[C@@](C)(C(=O)O)c3ccc(Cc4ccc(F)cc4)cc32)[C@@H](CN2CCOC[C@H]2C)CN1. The molecule has 2 saturated heterocycles. The number of piperazine rings is 1. The van der Waals surface area contributed by atoms with E-state index in [1.54, 1.807) is 24.0 Å². The summed E-state index contributed by atoms with van der Waals surface area (Å²) in [5.74, 6) is -1.32. The van der Waals surface area contributed by atoms with E-state index in [0.29, 0.717) is 30.3 Å². The van der Waals surface area contributed by atoms with E-state index in [0.717, 1.165) is 43.9 Å². The van der Waals surface area contributed by atoms with Crippen molar-refractivity contribution in [3.63, 3.8) is 0 Å². The number of hydrogen-bond acceptors (Lipinski definition) is 6. The van der Waals surface area contributed by atoms with Crippen molar-refractivity contribution in [2.45, 2.75) is 50.7 Å². The highest BCUT2D eigenvalue weighted by Gasteiger charge is 2.47. The van der Waals surface area contributed by atoms with Crippen LogP contribution in [0.25, 0.3) is 0 Å². The minimum absolute atomic E-state index is 0.0886. The zero-order chi connectivity index (χ0) is 27.7. The van der Waals surface area contributed by atoms with Gasteiger partial charge in [0.25, 0.3) is 0 Å². The van der Waals surface area contributed by atoms with Gasteiger partial charge in [0.2, 0.25) is 5.91 Å². The lowest BCUT2D eigenvalue weighted by atomic mass is 9.84. The van der Waals surface area contributed by atoms with E-state index < -0.39 is 11.4 Å². The molecule has 8 nitrogen and oxygen atoms in total. The molecule has 3 aliphatic rings. The molecule has 210 valence electrons. The Hall–Kier alpha value is -2.85. The summed E-state index contributed by atoms with van der Waals surface area (Å²) in [6.45, 7) is 11.0. The first-order chi connectivity index (χ1) is 18.6. The predicted molar refractivity (Wildman–Crippen MR) is 148 cm³/mol. The van der Waals surface area contributed by atoms with E-state index in [1.165, 1.54) is 12.1 Å². The topological polar surface area (TPSA) is 85.4 Å². The van der Waals surface area contributed by atoms with E-state index in [4.69, 9.17) is 4.74 Å². The minimum atomic E-state index is -1.18. The van der Waals surface area contributed by atoms with Crippen LogP contribution in [-0.4, -0.2) is 97.4 Å². The van der Waals surface area contributed by atoms with Gasteiger partial charge in [0.05, 0.1) is 19.8 Å². The highest BCUT2D eigenvalue weighted by atomic mass is 19.1. The second-order valence-electron chi connectivity index (χ2n) is 11.6. The number of amides is 1. The Bertz CT molecular complexity index is 1210. The summed E-state index contributed by atoms with van der Waals surface area (Å²) < 4.78 is 19.0.